The minimum atomic E-state index is -1.21. The van der Waals surface area contributed by atoms with Gasteiger partial charge in [0.25, 0.3) is 0 Å². The normalized spacial score (nSPS) is 14.8. The summed E-state index contributed by atoms with van der Waals surface area (Å²) < 4.78 is 16.9. The summed E-state index contributed by atoms with van der Waals surface area (Å²) in [5.41, 5.74) is 2.98. The monoisotopic (exact) mass is 315 g/mol. The molecule has 4 heteroatoms. The molecule has 0 N–H and O–H groups in total. The first-order valence-corrected chi connectivity index (χ1v) is 7.35. The van der Waals surface area contributed by atoms with Crippen LogP contribution in [0.1, 0.15) is 38.8 Å². The van der Waals surface area contributed by atoms with Crippen LogP contribution in [-0.2, 0) is 11.0 Å². The van der Waals surface area contributed by atoms with Crippen LogP contribution in [0.3, 0.4) is 0 Å². The Morgan fingerprint density at radius 2 is 1.94 bits per heavy atom. The number of benzene rings is 1. The van der Waals surface area contributed by atoms with Gasteiger partial charge in [-0.05, 0) is 51.8 Å². The second-order valence-corrected chi connectivity index (χ2v) is 7.76. The van der Waals surface area contributed by atoms with E-state index in [0.29, 0.717) is 0 Å². The first kappa shape index (κ1) is 14.6. The average Bonchev–Trinajstić information content (AvgIpc) is 2.20. The van der Waals surface area contributed by atoms with Crippen molar-refractivity contribution >= 4 is 32.6 Å². The Kier molecular flexibility index (Phi) is 4.67. The highest BCUT2D eigenvalue weighted by Crippen LogP contribution is 2.19. The fraction of sp³-hybridized carbons (Fsp3) is 0.462. The van der Waals surface area contributed by atoms with Crippen molar-refractivity contribution in [3.05, 3.63) is 33.8 Å². The molecule has 0 spiro atoms. The molecule has 0 aromatic heterocycles. The summed E-state index contributed by atoms with van der Waals surface area (Å²) in [6.45, 7) is 9.69. The van der Waals surface area contributed by atoms with E-state index in [-0.39, 0.29) is 4.75 Å². The second kappa shape index (κ2) is 5.44. The van der Waals surface area contributed by atoms with E-state index in [2.05, 4.69) is 20.3 Å². The molecule has 0 saturated heterocycles. The zero-order valence-electron chi connectivity index (χ0n) is 10.9. The maximum atomic E-state index is 11.9. The topological polar surface area (TPSA) is 29.4 Å². The molecule has 0 fully saturated rings. The molecule has 0 saturated carbocycles. The second-order valence-electron chi connectivity index (χ2n) is 5.00. The summed E-state index contributed by atoms with van der Waals surface area (Å²) in [4.78, 5) is 0. The maximum Gasteiger partial charge on any atom is 0.145 e. The molecule has 0 aliphatic heterocycles. The highest BCUT2D eigenvalue weighted by Gasteiger charge is 2.19. The van der Waals surface area contributed by atoms with Gasteiger partial charge in [0.2, 0.25) is 0 Å². The Morgan fingerprint density at radius 3 is 2.41 bits per heavy atom. The molecule has 1 rings (SSSR count). The minimum Gasteiger partial charge on any atom is -0.234 e. The lowest BCUT2D eigenvalue weighted by atomic mass is 10.1. The van der Waals surface area contributed by atoms with Gasteiger partial charge in [-0.3, -0.25) is 0 Å². The van der Waals surface area contributed by atoms with Crippen LogP contribution >= 0.6 is 15.9 Å². The summed E-state index contributed by atoms with van der Waals surface area (Å²) in [5, 5.41) is 0. The minimum absolute atomic E-state index is 0.316. The number of hydrogen-bond donors (Lipinski definition) is 0. The molecule has 0 heterocycles. The molecular formula is C13H18BrNOS. The number of rotatable bonds is 2. The predicted octanol–water partition coefficient (Wildman–Crippen LogP) is 4.03. The third kappa shape index (κ3) is 4.03. The summed E-state index contributed by atoms with van der Waals surface area (Å²) in [5.74, 6) is 0. The lowest BCUT2D eigenvalue weighted by Gasteiger charge is -2.14. The predicted molar refractivity (Wildman–Crippen MR) is 79.0 cm³/mol. The van der Waals surface area contributed by atoms with Crippen LogP contribution in [0.4, 0.5) is 0 Å². The molecule has 1 aromatic rings. The third-order valence-corrected chi connectivity index (χ3v) is 4.68. The first-order valence-electron chi connectivity index (χ1n) is 5.45. The molecule has 17 heavy (non-hydrogen) atoms. The van der Waals surface area contributed by atoms with Gasteiger partial charge in [0, 0.05) is 4.47 Å². The van der Waals surface area contributed by atoms with Gasteiger partial charge >= 0.3 is 0 Å². The number of halogens is 1. The fourth-order valence-electron chi connectivity index (χ4n) is 1.13. The highest BCUT2D eigenvalue weighted by atomic mass is 79.9. The van der Waals surface area contributed by atoms with Crippen LogP contribution in [0.2, 0.25) is 0 Å². The van der Waals surface area contributed by atoms with E-state index in [1.54, 1.807) is 0 Å². The summed E-state index contributed by atoms with van der Waals surface area (Å²) in [6.07, 6.45) is 0. The van der Waals surface area contributed by atoms with Gasteiger partial charge in [-0.1, -0.05) is 28.1 Å². The molecule has 0 aliphatic rings. The molecular weight excluding hydrogens is 298 g/mol. The number of hydrogen-bond acceptors (Lipinski definition) is 1. The van der Waals surface area contributed by atoms with E-state index >= 15 is 0 Å². The quantitative estimate of drug-likeness (QED) is 0.758. The van der Waals surface area contributed by atoms with Crippen molar-refractivity contribution in [3.63, 3.8) is 0 Å². The third-order valence-electron chi connectivity index (χ3n) is 2.33. The summed E-state index contributed by atoms with van der Waals surface area (Å²) >= 11 is 3.49. The van der Waals surface area contributed by atoms with Gasteiger partial charge in [0.1, 0.15) is 11.0 Å². The Balaban J connectivity index is 3.04. The van der Waals surface area contributed by atoms with E-state index in [1.165, 1.54) is 5.56 Å². The van der Waals surface area contributed by atoms with Crippen molar-refractivity contribution < 1.29 is 4.21 Å². The highest BCUT2D eigenvalue weighted by molar-refractivity contribution is 9.10. The molecule has 0 bridgehead atoms. The SMILES string of the molecule is CC(=NS(=O)C(C)(C)C)c1ccc(C)c(Br)c1. The van der Waals surface area contributed by atoms with Gasteiger partial charge in [0.05, 0.1) is 10.5 Å². The molecule has 0 amide bonds. The Morgan fingerprint density at radius 1 is 1.35 bits per heavy atom. The summed E-state index contributed by atoms with van der Waals surface area (Å²) in [7, 11) is -1.21. The standard InChI is InChI=1S/C13H18BrNOS/c1-9-6-7-11(8-12(9)14)10(2)15-17(16)13(3,4)5/h6-8H,1-5H3. The smallest absolute Gasteiger partial charge is 0.145 e. The fourth-order valence-corrected chi connectivity index (χ4v) is 2.14. The Hall–Kier alpha value is -0.480. The van der Waals surface area contributed by atoms with Crippen LogP contribution in [0.5, 0.6) is 0 Å². The molecule has 0 aliphatic carbocycles. The van der Waals surface area contributed by atoms with Gasteiger partial charge in [-0.15, -0.1) is 0 Å². The molecule has 1 aromatic carbocycles. The van der Waals surface area contributed by atoms with Crippen molar-refractivity contribution in [1.29, 1.82) is 0 Å². The average molecular weight is 316 g/mol. The lowest BCUT2D eigenvalue weighted by molar-refractivity contribution is 0.650. The van der Waals surface area contributed by atoms with E-state index in [4.69, 9.17) is 0 Å². The van der Waals surface area contributed by atoms with Crippen LogP contribution in [0.15, 0.2) is 27.1 Å². The largest absolute Gasteiger partial charge is 0.234 e. The molecule has 0 radical (unpaired) electrons. The Bertz CT molecular complexity index is 475. The number of aryl methyl sites for hydroxylation is 1. The zero-order chi connectivity index (χ0) is 13.2. The van der Waals surface area contributed by atoms with Crippen molar-refractivity contribution in [2.24, 2.45) is 4.40 Å². The molecule has 1 atom stereocenters. The summed E-state index contributed by atoms with van der Waals surface area (Å²) in [6, 6.07) is 6.03. The molecule has 1 unspecified atom stereocenters. The Labute approximate surface area is 114 Å². The lowest BCUT2D eigenvalue weighted by Crippen LogP contribution is -2.20. The van der Waals surface area contributed by atoms with Gasteiger partial charge in [-0.25, -0.2) is 4.21 Å². The van der Waals surface area contributed by atoms with Crippen LogP contribution in [0.25, 0.3) is 0 Å². The van der Waals surface area contributed by atoms with E-state index < -0.39 is 11.0 Å². The van der Waals surface area contributed by atoms with Gasteiger partial charge < -0.3 is 0 Å². The number of nitrogens with zero attached hydrogens (tertiary/aromatic N) is 1. The van der Waals surface area contributed by atoms with E-state index in [1.807, 2.05) is 52.8 Å². The molecule has 2 nitrogen and oxygen atoms in total. The first-order chi connectivity index (χ1) is 7.71. The van der Waals surface area contributed by atoms with Gasteiger partial charge in [-0.2, -0.15) is 4.40 Å². The zero-order valence-corrected chi connectivity index (χ0v) is 13.3. The van der Waals surface area contributed by atoms with E-state index in [0.717, 1.165) is 15.7 Å². The van der Waals surface area contributed by atoms with E-state index in [9.17, 15) is 4.21 Å². The van der Waals surface area contributed by atoms with Crippen LogP contribution in [-0.4, -0.2) is 14.7 Å². The van der Waals surface area contributed by atoms with Crippen molar-refractivity contribution in [3.8, 4) is 0 Å². The van der Waals surface area contributed by atoms with Crippen LogP contribution in [0, 0.1) is 6.92 Å². The molecule has 94 valence electrons. The van der Waals surface area contributed by atoms with Crippen molar-refractivity contribution in [2.45, 2.75) is 39.4 Å². The van der Waals surface area contributed by atoms with Gasteiger partial charge in [0.15, 0.2) is 0 Å². The van der Waals surface area contributed by atoms with Crippen molar-refractivity contribution in [2.75, 3.05) is 0 Å². The van der Waals surface area contributed by atoms with Crippen LogP contribution < -0.4 is 0 Å². The van der Waals surface area contributed by atoms with Crippen molar-refractivity contribution in [1.82, 2.24) is 0 Å². The maximum absolute atomic E-state index is 11.9.